The first-order chi connectivity index (χ1) is 16.3. The molecule has 1 spiro atoms. The number of hydrogen-bond acceptors (Lipinski definition) is 5. The Bertz CT molecular complexity index is 1380. The minimum Gasteiger partial charge on any atom is -0.349 e. The molecule has 168 valence electrons. The van der Waals surface area contributed by atoms with Crippen LogP contribution in [0, 0.1) is 24.6 Å². The van der Waals surface area contributed by atoms with E-state index in [0.29, 0.717) is 5.56 Å². The van der Waals surface area contributed by atoms with E-state index in [1.807, 2.05) is 19.1 Å². The lowest BCUT2D eigenvalue weighted by atomic mass is 9.77. The molecule has 2 fully saturated rings. The van der Waals surface area contributed by atoms with Crippen LogP contribution in [0.3, 0.4) is 0 Å². The number of halogens is 1. The Morgan fingerprint density at radius 2 is 1.47 bits per heavy atom. The molecule has 2 saturated heterocycles. The Morgan fingerprint density at radius 3 is 2.09 bits per heavy atom. The van der Waals surface area contributed by atoms with E-state index in [-0.39, 0.29) is 16.8 Å². The van der Waals surface area contributed by atoms with Crippen LogP contribution in [0.1, 0.15) is 37.9 Å². The maximum atomic E-state index is 14.0. The number of carbonyl (C=O) groups excluding carboxylic acids is 4. The first kappa shape index (κ1) is 20.6. The average molecular weight is 455 g/mol. The molecule has 0 bridgehead atoms. The molecular weight excluding hydrogens is 437 g/mol. The number of hydrogen-bond donors (Lipinski definition) is 0. The van der Waals surface area contributed by atoms with Gasteiger partial charge in [0.25, 0.3) is 0 Å². The number of carbonyl (C=O) groups is 4. The van der Waals surface area contributed by atoms with Gasteiger partial charge in [-0.3, -0.25) is 19.2 Å². The Labute approximate surface area is 193 Å². The van der Waals surface area contributed by atoms with E-state index < -0.39 is 52.7 Å². The molecule has 6 rings (SSSR count). The largest absolute Gasteiger partial charge is 0.349 e. The number of amides is 2. The van der Waals surface area contributed by atoms with Gasteiger partial charge in [0, 0.05) is 11.1 Å². The summed E-state index contributed by atoms with van der Waals surface area (Å²) in [7, 11) is 0. The highest BCUT2D eigenvalue weighted by atomic mass is 19.1. The monoisotopic (exact) mass is 455 g/mol. The summed E-state index contributed by atoms with van der Waals surface area (Å²) in [5.41, 5.74) is -0.198. The molecule has 7 heteroatoms. The van der Waals surface area contributed by atoms with E-state index in [2.05, 4.69) is 0 Å². The topological polar surface area (TPSA) is 80.8 Å². The normalized spacial score (nSPS) is 24.8. The fourth-order valence-corrected chi connectivity index (χ4v) is 5.44. The van der Waals surface area contributed by atoms with Gasteiger partial charge in [-0.05, 0) is 30.7 Å². The maximum Gasteiger partial charge on any atom is 0.241 e. The number of ketones is 2. The van der Waals surface area contributed by atoms with Crippen LogP contribution in [0.25, 0.3) is 0 Å². The fourth-order valence-electron chi connectivity index (χ4n) is 5.44. The van der Waals surface area contributed by atoms with Gasteiger partial charge >= 0.3 is 0 Å². The van der Waals surface area contributed by atoms with Gasteiger partial charge in [-0.2, -0.15) is 0 Å². The van der Waals surface area contributed by atoms with Crippen molar-refractivity contribution in [2.45, 2.75) is 18.6 Å². The van der Waals surface area contributed by atoms with E-state index in [1.54, 1.807) is 24.3 Å². The SMILES string of the molecule is Cc1ccc([C@@H]2OC3(C(=O)c4ccccc4C3=O)[C@H]3C(=O)N(c4cccc(F)c4)C(=O)[C@H]23)cc1. The highest BCUT2D eigenvalue weighted by Gasteiger charge is 2.74. The minimum absolute atomic E-state index is 0.0533. The molecule has 0 N–H and O–H groups in total. The van der Waals surface area contributed by atoms with E-state index >= 15 is 0 Å². The molecule has 1 aliphatic carbocycles. The third-order valence-electron chi connectivity index (χ3n) is 6.99. The minimum atomic E-state index is -2.14. The van der Waals surface area contributed by atoms with Gasteiger partial charge in [-0.25, -0.2) is 9.29 Å². The molecule has 3 aromatic carbocycles. The second-order valence-corrected chi connectivity index (χ2v) is 8.88. The number of fused-ring (bicyclic) bond motifs is 3. The van der Waals surface area contributed by atoms with Crippen LogP contribution in [-0.4, -0.2) is 29.0 Å². The lowest BCUT2D eigenvalue weighted by Crippen LogP contribution is -2.51. The lowest BCUT2D eigenvalue weighted by Gasteiger charge is -2.27. The van der Waals surface area contributed by atoms with Crippen LogP contribution < -0.4 is 4.90 Å². The van der Waals surface area contributed by atoms with Gasteiger partial charge in [0.2, 0.25) is 29.0 Å². The first-order valence-electron chi connectivity index (χ1n) is 10.9. The summed E-state index contributed by atoms with van der Waals surface area (Å²) in [6.07, 6.45) is -0.997. The number of nitrogens with zero attached hydrogens (tertiary/aromatic N) is 1. The quantitative estimate of drug-likeness (QED) is 0.433. The summed E-state index contributed by atoms with van der Waals surface area (Å²) in [6, 6.07) is 18.6. The number of Topliss-reactive ketones (excluding diaryl/α,β-unsaturated/α-hetero) is 2. The molecule has 3 aliphatic rings. The van der Waals surface area contributed by atoms with Crippen molar-refractivity contribution in [3.63, 3.8) is 0 Å². The summed E-state index contributed by atoms with van der Waals surface area (Å²) in [4.78, 5) is 55.6. The number of rotatable bonds is 2. The molecule has 2 amide bonds. The number of anilines is 1. The third-order valence-corrected chi connectivity index (χ3v) is 6.99. The van der Waals surface area contributed by atoms with Crippen molar-refractivity contribution in [3.8, 4) is 0 Å². The summed E-state index contributed by atoms with van der Waals surface area (Å²) in [6.45, 7) is 1.90. The van der Waals surface area contributed by atoms with E-state index in [1.165, 1.54) is 30.3 Å². The van der Waals surface area contributed by atoms with Crippen molar-refractivity contribution >= 4 is 29.1 Å². The lowest BCUT2D eigenvalue weighted by molar-refractivity contribution is -0.127. The second-order valence-electron chi connectivity index (χ2n) is 8.88. The standard InChI is InChI=1S/C27H18FNO5/c1-14-9-11-15(12-10-14)22-20-21(26(33)29(25(20)32)17-6-4-5-16(28)13-17)27(34-22)23(30)18-7-2-3-8-19(18)24(27)31/h2-13,20-22H,1H3/t20-,21+,22-/m0/s1. The zero-order valence-corrected chi connectivity index (χ0v) is 18.0. The highest BCUT2D eigenvalue weighted by molar-refractivity contribution is 6.37. The van der Waals surface area contributed by atoms with Crippen LogP contribution in [0.2, 0.25) is 0 Å². The van der Waals surface area contributed by atoms with Crippen molar-refractivity contribution in [1.29, 1.82) is 0 Å². The molecule has 0 unspecified atom stereocenters. The molecule has 6 nitrogen and oxygen atoms in total. The van der Waals surface area contributed by atoms with Crippen molar-refractivity contribution in [2.75, 3.05) is 4.90 Å². The van der Waals surface area contributed by atoms with Gasteiger partial charge < -0.3 is 4.74 Å². The third kappa shape index (κ3) is 2.53. The van der Waals surface area contributed by atoms with Crippen molar-refractivity contribution < 1.29 is 28.3 Å². The predicted molar refractivity (Wildman–Crippen MR) is 119 cm³/mol. The zero-order chi connectivity index (χ0) is 23.8. The number of ether oxygens (including phenoxy) is 1. The molecule has 2 heterocycles. The molecular formula is C27H18FNO5. The van der Waals surface area contributed by atoms with Crippen LogP contribution in [-0.2, 0) is 14.3 Å². The summed E-state index contributed by atoms with van der Waals surface area (Å²) in [5, 5.41) is 0. The van der Waals surface area contributed by atoms with Gasteiger partial charge in [0.15, 0.2) is 0 Å². The van der Waals surface area contributed by atoms with E-state index in [4.69, 9.17) is 4.74 Å². The molecule has 3 aromatic rings. The Morgan fingerprint density at radius 1 is 0.824 bits per heavy atom. The smallest absolute Gasteiger partial charge is 0.241 e. The van der Waals surface area contributed by atoms with Gasteiger partial charge in [-0.1, -0.05) is 60.2 Å². The molecule has 0 aromatic heterocycles. The predicted octanol–water partition coefficient (Wildman–Crippen LogP) is 3.83. The molecule has 2 aliphatic heterocycles. The first-order valence-corrected chi connectivity index (χ1v) is 10.9. The molecule has 0 saturated carbocycles. The van der Waals surface area contributed by atoms with Crippen LogP contribution in [0.4, 0.5) is 10.1 Å². The van der Waals surface area contributed by atoms with Gasteiger partial charge in [0.1, 0.15) is 5.82 Å². The van der Waals surface area contributed by atoms with Crippen LogP contribution in [0.15, 0.2) is 72.8 Å². The fraction of sp³-hybridized carbons (Fsp3) is 0.185. The number of imide groups is 1. The van der Waals surface area contributed by atoms with Crippen LogP contribution >= 0.6 is 0 Å². The van der Waals surface area contributed by atoms with Crippen molar-refractivity contribution in [2.24, 2.45) is 11.8 Å². The Balaban J connectivity index is 1.55. The van der Waals surface area contributed by atoms with Crippen molar-refractivity contribution in [3.05, 3.63) is 101 Å². The van der Waals surface area contributed by atoms with E-state index in [0.717, 1.165) is 16.5 Å². The summed E-state index contributed by atoms with van der Waals surface area (Å²) >= 11 is 0. The Kier molecular flexibility index (Phi) is 4.25. The second kappa shape index (κ2) is 7.01. The average Bonchev–Trinajstić information content (AvgIpc) is 3.40. The van der Waals surface area contributed by atoms with Crippen LogP contribution in [0.5, 0.6) is 0 Å². The summed E-state index contributed by atoms with van der Waals surface area (Å²) in [5.74, 6) is -5.71. The number of aryl methyl sites for hydroxylation is 1. The zero-order valence-electron chi connectivity index (χ0n) is 18.0. The van der Waals surface area contributed by atoms with E-state index in [9.17, 15) is 23.6 Å². The highest BCUT2D eigenvalue weighted by Crippen LogP contribution is 2.57. The molecule has 34 heavy (non-hydrogen) atoms. The summed E-state index contributed by atoms with van der Waals surface area (Å²) < 4.78 is 20.2. The number of benzene rings is 3. The van der Waals surface area contributed by atoms with Gasteiger partial charge in [-0.15, -0.1) is 0 Å². The Hall–Kier alpha value is -3.97. The molecule has 0 radical (unpaired) electrons. The van der Waals surface area contributed by atoms with Gasteiger partial charge in [0.05, 0.1) is 23.6 Å². The molecule has 3 atom stereocenters. The maximum absolute atomic E-state index is 14.0. The van der Waals surface area contributed by atoms with Crippen molar-refractivity contribution in [1.82, 2.24) is 0 Å².